The van der Waals surface area contributed by atoms with Gasteiger partial charge in [0.05, 0.1) is 6.61 Å². The molecule has 0 fully saturated rings. The fraction of sp³-hybridized carbons (Fsp3) is 1.00. The molecular formula is C5H12BrNO. The standard InChI is InChI=1S/C5H12BrNO/c6-2-1-4-8-5-3-7/h1-5,7H2. The first kappa shape index (κ1) is 8.40. The first-order chi connectivity index (χ1) is 3.91. The third-order valence-corrected chi connectivity index (χ3v) is 1.25. The Balaban J connectivity index is 2.53. The fourth-order valence-corrected chi connectivity index (χ4v) is 0.571. The number of hydrogen-bond donors (Lipinski definition) is 1. The summed E-state index contributed by atoms with van der Waals surface area (Å²) >= 11 is 3.29. The molecule has 0 bridgehead atoms. The van der Waals surface area contributed by atoms with Crippen LogP contribution in [-0.4, -0.2) is 25.1 Å². The second-order valence-corrected chi connectivity index (χ2v) is 2.24. The number of ether oxygens (including phenoxy) is 1. The Morgan fingerprint density at radius 1 is 1.38 bits per heavy atom. The average molecular weight is 182 g/mol. The number of nitrogens with two attached hydrogens (primary N) is 1. The molecule has 0 saturated carbocycles. The summed E-state index contributed by atoms with van der Waals surface area (Å²) in [6.45, 7) is 2.14. The normalized spacial score (nSPS) is 9.75. The molecule has 0 atom stereocenters. The zero-order chi connectivity index (χ0) is 6.24. The van der Waals surface area contributed by atoms with Crippen LogP contribution in [0.2, 0.25) is 0 Å². The van der Waals surface area contributed by atoms with E-state index in [-0.39, 0.29) is 0 Å². The molecule has 8 heavy (non-hydrogen) atoms. The summed E-state index contributed by atoms with van der Waals surface area (Å²) in [7, 11) is 0. The molecule has 0 spiro atoms. The number of alkyl halides is 1. The molecule has 2 N–H and O–H groups in total. The van der Waals surface area contributed by atoms with Crippen LogP contribution in [0, 0.1) is 0 Å². The van der Waals surface area contributed by atoms with Crippen LogP contribution < -0.4 is 5.73 Å². The largest absolute Gasteiger partial charge is 0.380 e. The van der Waals surface area contributed by atoms with Crippen molar-refractivity contribution in [1.82, 2.24) is 0 Å². The topological polar surface area (TPSA) is 35.2 Å². The lowest BCUT2D eigenvalue weighted by molar-refractivity contribution is 0.143. The molecule has 0 aromatic rings. The zero-order valence-corrected chi connectivity index (χ0v) is 6.49. The minimum Gasteiger partial charge on any atom is -0.380 e. The van der Waals surface area contributed by atoms with Crippen LogP contribution in [0.15, 0.2) is 0 Å². The van der Waals surface area contributed by atoms with E-state index in [0.717, 1.165) is 18.4 Å². The van der Waals surface area contributed by atoms with Gasteiger partial charge in [-0.2, -0.15) is 0 Å². The van der Waals surface area contributed by atoms with Crippen LogP contribution in [0.25, 0.3) is 0 Å². The van der Waals surface area contributed by atoms with E-state index in [1.807, 2.05) is 0 Å². The Bertz CT molecular complexity index is 37.4. The maximum absolute atomic E-state index is 5.17. The molecule has 0 unspecified atom stereocenters. The van der Waals surface area contributed by atoms with Crippen LogP contribution in [0.5, 0.6) is 0 Å². The quantitative estimate of drug-likeness (QED) is 0.502. The van der Waals surface area contributed by atoms with Gasteiger partial charge < -0.3 is 10.5 Å². The van der Waals surface area contributed by atoms with Gasteiger partial charge in [0, 0.05) is 18.5 Å². The van der Waals surface area contributed by atoms with Gasteiger partial charge >= 0.3 is 0 Å². The molecule has 2 nitrogen and oxygen atoms in total. The molecule has 0 aliphatic carbocycles. The van der Waals surface area contributed by atoms with E-state index in [1.54, 1.807) is 0 Å². The maximum Gasteiger partial charge on any atom is 0.0588 e. The van der Waals surface area contributed by atoms with Crippen LogP contribution in [0.3, 0.4) is 0 Å². The molecule has 0 aliphatic rings. The number of halogens is 1. The smallest absolute Gasteiger partial charge is 0.0588 e. The lowest BCUT2D eigenvalue weighted by atomic mass is 10.5. The van der Waals surface area contributed by atoms with Crippen molar-refractivity contribution in [2.24, 2.45) is 5.73 Å². The molecular weight excluding hydrogens is 170 g/mol. The first-order valence-corrected chi connectivity index (χ1v) is 3.87. The Labute approximate surface area is 58.5 Å². The van der Waals surface area contributed by atoms with E-state index >= 15 is 0 Å². The second-order valence-electron chi connectivity index (χ2n) is 1.44. The van der Waals surface area contributed by atoms with Crippen molar-refractivity contribution in [3.63, 3.8) is 0 Å². The van der Waals surface area contributed by atoms with E-state index in [1.165, 1.54) is 0 Å². The molecule has 0 rings (SSSR count). The van der Waals surface area contributed by atoms with Gasteiger partial charge in [0.1, 0.15) is 0 Å². The Morgan fingerprint density at radius 2 is 2.12 bits per heavy atom. The molecule has 0 amide bonds. The predicted octanol–water partition coefficient (Wildman–Crippen LogP) is 0.747. The Kier molecular flexibility index (Phi) is 7.77. The van der Waals surface area contributed by atoms with Crippen molar-refractivity contribution in [3.8, 4) is 0 Å². The molecule has 0 aromatic heterocycles. The van der Waals surface area contributed by atoms with Gasteiger partial charge in [-0.1, -0.05) is 15.9 Å². The van der Waals surface area contributed by atoms with Crippen LogP contribution in [0.4, 0.5) is 0 Å². The molecule has 0 aromatic carbocycles. The van der Waals surface area contributed by atoms with Gasteiger partial charge in [-0.3, -0.25) is 0 Å². The molecule has 0 aliphatic heterocycles. The predicted molar refractivity (Wildman–Crippen MR) is 38.3 cm³/mol. The summed E-state index contributed by atoms with van der Waals surface area (Å²) in [5, 5.41) is 1.01. The summed E-state index contributed by atoms with van der Waals surface area (Å²) in [6.07, 6.45) is 1.07. The fourth-order valence-electron chi connectivity index (χ4n) is 0.342. The first-order valence-electron chi connectivity index (χ1n) is 2.75. The Morgan fingerprint density at radius 3 is 2.62 bits per heavy atom. The molecule has 0 saturated heterocycles. The minimum atomic E-state index is 0.627. The van der Waals surface area contributed by atoms with Gasteiger partial charge in [-0.05, 0) is 6.42 Å². The average Bonchev–Trinajstić information content (AvgIpc) is 1.81. The molecule has 3 heteroatoms. The lowest BCUT2D eigenvalue weighted by Crippen LogP contribution is -2.08. The van der Waals surface area contributed by atoms with E-state index in [4.69, 9.17) is 10.5 Å². The molecule has 0 heterocycles. The third kappa shape index (κ3) is 6.40. The van der Waals surface area contributed by atoms with Crippen LogP contribution in [-0.2, 0) is 4.74 Å². The van der Waals surface area contributed by atoms with Gasteiger partial charge in [0.15, 0.2) is 0 Å². The van der Waals surface area contributed by atoms with Crippen molar-refractivity contribution in [2.45, 2.75) is 6.42 Å². The maximum atomic E-state index is 5.17. The minimum absolute atomic E-state index is 0.627. The second kappa shape index (κ2) is 7.40. The number of hydrogen-bond acceptors (Lipinski definition) is 2. The van der Waals surface area contributed by atoms with E-state index < -0.39 is 0 Å². The van der Waals surface area contributed by atoms with Gasteiger partial charge in [-0.25, -0.2) is 0 Å². The summed E-state index contributed by atoms with van der Waals surface area (Å²) in [6, 6.07) is 0. The highest BCUT2D eigenvalue weighted by Crippen LogP contribution is 1.86. The van der Waals surface area contributed by atoms with Gasteiger partial charge in [0.2, 0.25) is 0 Å². The van der Waals surface area contributed by atoms with Crippen molar-refractivity contribution in [2.75, 3.05) is 25.1 Å². The monoisotopic (exact) mass is 181 g/mol. The SMILES string of the molecule is NCCOCCCBr. The summed E-state index contributed by atoms with van der Waals surface area (Å²) in [5.74, 6) is 0. The summed E-state index contributed by atoms with van der Waals surface area (Å²) in [5.41, 5.74) is 5.17. The number of rotatable bonds is 5. The van der Waals surface area contributed by atoms with E-state index in [9.17, 15) is 0 Å². The van der Waals surface area contributed by atoms with Gasteiger partial charge in [0.25, 0.3) is 0 Å². The molecule has 0 radical (unpaired) electrons. The van der Waals surface area contributed by atoms with Crippen LogP contribution in [0.1, 0.15) is 6.42 Å². The van der Waals surface area contributed by atoms with E-state index in [2.05, 4.69) is 15.9 Å². The molecule has 50 valence electrons. The van der Waals surface area contributed by atoms with Crippen molar-refractivity contribution in [1.29, 1.82) is 0 Å². The third-order valence-electron chi connectivity index (χ3n) is 0.684. The zero-order valence-electron chi connectivity index (χ0n) is 4.90. The van der Waals surface area contributed by atoms with Crippen LogP contribution >= 0.6 is 15.9 Å². The van der Waals surface area contributed by atoms with Crippen molar-refractivity contribution >= 4 is 15.9 Å². The highest BCUT2D eigenvalue weighted by atomic mass is 79.9. The highest BCUT2D eigenvalue weighted by molar-refractivity contribution is 9.09. The lowest BCUT2D eigenvalue weighted by Gasteiger charge is -1.97. The van der Waals surface area contributed by atoms with E-state index in [0.29, 0.717) is 13.2 Å². The van der Waals surface area contributed by atoms with Crippen molar-refractivity contribution in [3.05, 3.63) is 0 Å². The Hall–Kier alpha value is 0.400. The summed E-state index contributed by atoms with van der Waals surface area (Å²) in [4.78, 5) is 0. The summed E-state index contributed by atoms with van der Waals surface area (Å²) < 4.78 is 5.07. The van der Waals surface area contributed by atoms with Crippen molar-refractivity contribution < 1.29 is 4.74 Å². The highest BCUT2D eigenvalue weighted by Gasteiger charge is 1.82. The van der Waals surface area contributed by atoms with Gasteiger partial charge in [-0.15, -0.1) is 0 Å².